The van der Waals surface area contributed by atoms with Gasteiger partial charge < -0.3 is 19.7 Å². The number of methoxy groups -OCH3 is 1. The first-order chi connectivity index (χ1) is 10.2. The Balaban J connectivity index is 0.00000242. The van der Waals surface area contributed by atoms with Gasteiger partial charge in [0.05, 0.1) is 19.6 Å². The predicted molar refractivity (Wildman–Crippen MR) is 96.6 cm³/mol. The van der Waals surface area contributed by atoms with E-state index in [4.69, 9.17) is 9.47 Å². The second-order valence-electron chi connectivity index (χ2n) is 6.00. The van der Waals surface area contributed by atoms with Crippen molar-refractivity contribution in [2.24, 2.45) is 22.7 Å². The predicted octanol–water partition coefficient (Wildman–Crippen LogP) is 1.35. The molecule has 7 heteroatoms. The summed E-state index contributed by atoms with van der Waals surface area (Å²) >= 11 is 0. The van der Waals surface area contributed by atoms with Gasteiger partial charge in [-0.15, -0.1) is 24.0 Å². The number of hydrogen-bond donors (Lipinski definition) is 1. The number of halogens is 1. The number of likely N-dealkylation sites (tertiary alicyclic amines) is 1. The van der Waals surface area contributed by atoms with Crippen LogP contribution in [0.25, 0.3) is 0 Å². The number of carbonyl (C=O) groups is 1. The Morgan fingerprint density at radius 2 is 2.09 bits per heavy atom. The summed E-state index contributed by atoms with van der Waals surface area (Å²) < 4.78 is 10.5. The van der Waals surface area contributed by atoms with Crippen LogP contribution in [0.4, 0.5) is 0 Å². The standard InChI is InChI=1S/C15H27N3O3.HI/c1-11-8-18(9-13(11)14(19)20-3)15(16-2)17-6-7-21-10-12-4-5-12;/h11-13H,4-10H2,1-3H3,(H,16,17);1H. The Kier molecular flexibility index (Phi) is 8.45. The highest BCUT2D eigenvalue weighted by atomic mass is 127. The fourth-order valence-electron chi connectivity index (χ4n) is 2.70. The van der Waals surface area contributed by atoms with Crippen molar-refractivity contribution in [1.82, 2.24) is 10.2 Å². The zero-order chi connectivity index (χ0) is 15.2. The van der Waals surface area contributed by atoms with Gasteiger partial charge in [0.15, 0.2) is 5.96 Å². The third kappa shape index (κ3) is 5.57. The molecule has 6 nitrogen and oxygen atoms in total. The van der Waals surface area contributed by atoms with E-state index in [-0.39, 0.29) is 41.8 Å². The van der Waals surface area contributed by atoms with Crippen molar-refractivity contribution in [2.75, 3.05) is 47.0 Å². The average molecular weight is 425 g/mol. The van der Waals surface area contributed by atoms with Crippen LogP contribution in [0.1, 0.15) is 19.8 Å². The Bertz CT molecular complexity index is 388. The summed E-state index contributed by atoms with van der Waals surface area (Å²) in [6, 6.07) is 0. The maximum absolute atomic E-state index is 11.7. The number of carbonyl (C=O) groups excluding carboxylic acids is 1. The third-order valence-corrected chi connectivity index (χ3v) is 4.21. The maximum atomic E-state index is 11.7. The summed E-state index contributed by atoms with van der Waals surface area (Å²) in [5.74, 6) is 1.71. The largest absolute Gasteiger partial charge is 0.469 e. The van der Waals surface area contributed by atoms with E-state index >= 15 is 0 Å². The van der Waals surface area contributed by atoms with Crippen molar-refractivity contribution in [3.05, 3.63) is 0 Å². The lowest BCUT2D eigenvalue weighted by molar-refractivity contribution is -0.145. The number of nitrogens with zero attached hydrogens (tertiary/aromatic N) is 2. The van der Waals surface area contributed by atoms with E-state index in [0.29, 0.717) is 13.2 Å². The lowest BCUT2D eigenvalue weighted by atomic mass is 9.99. The van der Waals surface area contributed by atoms with Gasteiger partial charge in [0.25, 0.3) is 0 Å². The van der Waals surface area contributed by atoms with E-state index in [9.17, 15) is 4.79 Å². The van der Waals surface area contributed by atoms with Crippen molar-refractivity contribution >= 4 is 35.9 Å². The molecule has 0 aromatic heterocycles. The first-order valence-electron chi connectivity index (χ1n) is 7.76. The molecule has 22 heavy (non-hydrogen) atoms. The molecule has 2 aliphatic rings. The topological polar surface area (TPSA) is 63.2 Å². The SMILES string of the molecule is CN=C(NCCOCC1CC1)N1CC(C)C(C(=O)OC)C1.I. The number of esters is 1. The summed E-state index contributed by atoms with van der Waals surface area (Å²) in [6.07, 6.45) is 2.63. The first-order valence-corrected chi connectivity index (χ1v) is 7.76. The molecule has 2 atom stereocenters. The number of aliphatic imine (C=N–C) groups is 1. The van der Waals surface area contributed by atoms with Crippen LogP contribution in [0.15, 0.2) is 4.99 Å². The molecule has 2 rings (SSSR count). The fourth-order valence-corrected chi connectivity index (χ4v) is 2.70. The average Bonchev–Trinajstić information content (AvgIpc) is 3.23. The van der Waals surface area contributed by atoms with Crippen LogP contribution in [0.5, 0.6) is 0 Å². The molecule has 2 fully saturated rings. The van der Waals surface area contributed by atoms with Gasteiger partial charge in [-0.05, 0) is 24.7 Å². The van der Waals surface area contributed by atoms with Gasteiger partial charge in [-0.3, -0.25) is 9.79 Å². The van der Waals surface area contributed by atoms with E-state index in [1.807, 2.05) is 0 Å². The molecule has 1 aliphatic carbocycles. The maximum Gasteiger partial charge on any atom is 0.310 e. The number of hydrogen-bond acceptors (Lipinski definition) is 4. The van der Waals surface area contributed by atoms with Gasteiger partial charge >= 0.3 is 5.97 Å². The molecule has 1 saturated heterocycles. The second-order valence-corrected chi connectivity index (χ2v) is 6.00. The lowest BCUT2D eigenvalue weighted by Gasteiger charge is -2.21. The molecule has 1 N–H and O–H groups in total. The Labute approximate surface area is 150 Å². The zero-order valence-corrected chi connectivity index (χ0v) is 16.0. The highest BCUT2D eigenvalue weighted by Gasteiger charge is 2.36. The molecule has 1 aliphatic heterocycles. The second kappa shape index (κ2) is 9.54. The van der Waals surface area contributed by atoms with Crippen LogP contribution in [-0.4, -0.2) is 63.8 Å². The van der Waals surface area contributed by atoms with Gasteiger partial charge in [-0.1, -0.05) is 6.92 Å². The van der Waals surface area contributed by atoms with Crippen molar-refractivity contribution in [3.8, 4) is 0 Å². The highest BCUT2D eigenvalue weighted by Crippen LogP contribution is 2.28. The Hall–Kier alpha value is -0.570. The van der Waals surface area contributed by atoms with E-state index in [1.54, 1.807) is 7.05 Å². The smallest absolute Gasteiger partial charge is 0.310 e. The zero-order valence-electron chi connectivity index (χ0n) is 13.7. The summed E-state index contributed by atoms with van der Waals surface area (Å²) in [6.45, 7) is 5.88. The van der Waals surface area contributed by atoms with E-state index in [0.717, 1.165) is 31.6 Å². The normalized spacial score (nSPS) is 24.9. The van der Waals surface area contributed by atoms with Crippen LogP contribution in [0.3, 0.4) is 0 Å². The van der Waals surface area contributed by atoms with Gasteiger partial charge in [0.1, 0.15) is 0 Å². The van der Waals surface area contributed by atoms with Crippen LogP contribution in [0.2, 0.25) is 0 Å². The summed E-state index contributed by atoms with van der Waals surface area (Å²) in [5, 5.41) is 3.30. The summed E-state index contributed by atoms with van der Waals surface area (Å²) in [7, 11) is 3.21. The van der Waals surface area contributed by atoms with E-state index < -0.39 is 0 Å². The van der Waals surface area contributed by atoms with Crippen LogP contribution in [0, 0.1) is 17.8 Å². The molecule has 2 unspecified atom stereocenters. The number of rotatable bonds is 6. The fraction of sp³-hybridized carbons (Fsp3) is 0.867. The monoisotopic (exact) mass is 425 g/mol. The quantitative estimate of drug-likeness (QED) is 0.229. The molecule has 1 heterocycles. The van der Waals surface area contributed by atoms with Crippen molar-refractivity contribution in [2.45, 2.75) is 19.8 Å². The molecular formula is C15H28IN3O3. The van der Waals surface area contributed by atoms with E-state index in [1.165, 1.54) is 20.0 Å². The molecular weight excluding hydrogens is 397 g/mol. The van der Waals surface area contributed by atoms with Gasteiger partial charge in [-0.2, -0.15) is 0 Å². The van der Waals surface area contributed by atoms with Crippen molar-refractivity contribution in [3.63, 3.8) is 0 Å². The molecule has 1 saturated carbocycles. The number of ether oxygens (including phenoxy) is 2. The first kappa shape index (κ1) is 19.5. The molecule has 0 spiro atoms. The minimum atomic E-state index is -0.131. The third-order valence-electron chi connectivity index (χ3n) is 4.21. The van der Waals surface area contributed by atoms with Crippen LogP contribution in [-0.2, 0) is 14.3 Å². The van der Waals surface area contributed by atoms with Gasteiger partial charge in [0, 0.05) is 33.3 Å². The Morgan fingerprint density at radius 1 is 1.36 bits per heavy atom. The Morgan fingerprint density at radius 3 is 2.68 bits per heavy atom. The lowest BCUT2D eigenvalue weighted by Crippen LogP contribution is -2.41. The molecule has 0 amide bonds. The number of nitrogens with one attached hydrogen (secondary N) is 1. The van der Waals surface area contributed by atoms with E-state index in [2.05, 4.69) is 22.1 Å². The molecule has 0 bridgehead atoms. The summed E-state index contributed by atoms with van der Waals surface area (Å²) in [4.78, 5) is 18.1. The van der Waals surface area contributed by atoms with Crippen molar-refractivity contribution in [1.29, 1.82) is 0 Å². The highest BCUT2D eigenvalue weighted by molar-refractivity contribution is 14.0. The number of guanidine groups is 1. The molecule has 0 aromatic rings. The molecule has 0 aromatic carbocycles. The van der Waals surface area contributed by atoms with Crippen LogP contribution >= 0.6 is 24.0 Å². The van der Waals surface area contributed by atoms with Gasteiger partial charge in [-0.25, -0.2) is 0 Å². The molecule has 128 valence electrons. The molecule has 0 radical (unpaired) electrons. The minimum absolute atomic E-state index is 0. The van der Waals surface area contributed by atoms with Crippen LogP contribution < -0.4 is 5.32 Å². The summed E-state index contributed by atoms with van der Waals surface area (Å²) in [5.41, 5.74) is 0. The van der Waals surface area contributed by atoms with Crippen molar-refractivity contribution < 1.29 is 14.3 Å². The minimum Gasteiger partial charge on any atom is -0.469 e. The van der Waals surface area contributed by atoms with Gasteiger partial charge in [0.2, 0.25) is 0 Å².